The summed E-state index contributed by atoms with van der Waals surface area (Å²) in [7, 11) is 0. The van der Waals surface area contributed by atoms with E-state index >= 15 is 0 Å². The number of carbonyl (C=O) groups excluding carboxylic acids is 1. The maximum atomic E-state index is 12.0. The third kappa shape index (κ3) is 2.41. The monoisotopic (exact) mass is 301 g/mol. The quantitative estimate of drug-likeness (QED) is 0.744. The normalized spacial score (nSPS) is 15.8. The van der Waals surface area contributed by atoms with Gasteiger partial charge in [0.15, 0.2) is 0 Å². The molecule has 5 heteroatoms. The van der Waals surface area contributed by atoms with Crippen molar-refractivity contribution < 1.29 is 4.79 Å². The number of thiocarbonyl (C=S) groups is 1. The predicted octanol–water partition coefficient (Wildman–Crippen LogP) is 2.92. The van der Waals surface area contributed by atoms with Crippen molar-refractivity contribution in [1.29, 1.82) is 0 Å². The van der Waals surface area contributed by atoms with Crippen LogP contribution in [0.2, 0.25) is 0 Å². The lowest BCUT2D eigenvalue weighted by molar-refractivity contribution is 0.0861. The van der Waals surface area contributed by atoms with Crippen LogP contribution >= 0.6 is 39.9 Å². The van der Waals surface area contributed by atoms with Crippen LogP contribution in [-0.2, 0) is 0 Å². The molecule has 0 aromatic heterocycles. The SMILES string of the molecule is O=C(c1cccc(Br)c1)N1CCSC1=S. The molecule has 1 saturated heterocycles. The third-order valence-electron chi connectivity index (χ3n) is 2.08. The average Bonchev–Trinajstić information content (AvgIpc) is 2.63. The van der Waals surface area contributed by atoms with Gasteiger partial charge in [0, 0.05) is 22.3 Å². The highest BCUT2D eigenvalue weighted by Gasteiger charge is 2.24. The van der Waals surface area contributed by atoms with E-state index in [1.165, 1.54) is 0 Å². The van der Waals surface area contributed by atoms with Crippen LogP contribution in [0.3, 0.4) is 0 Å². The van der Waals surface area contributed by atoms with Gasteiger partial charge in [0.1, 0.15) is 4.32 Å². The van der Waals surface area contributed by atoms with Crippen molar-refractivity contribution in [2.24, 2.45) is 0 Å². The van der Waals surface area contributed by atoms with Crippen LogP contribution < -0.4 is 0 Å². The number of hydrogen-bond acceptors (Lipinski definition) is 3. The van der Waals surface area contributed by atoms with Crippen molar-refractivity contribution >= 4 is 50.1 Å². The molecule has 1 aliphatic rings. The van der Waals surface area contributed by atoms with Crippen molar-refractivity contribution in [1.82, 2.24) is 4.90 Å². The van der Waals surface area contributed by atoms with Gasteiger partial charge in [-0.1, -0.05) is 46.0 Å². The molecule has 0 saturated carbocycles. The molecule has 1 amide bonds. The minimum absolute atomic E-state index is 0.00806. The van der Waals surface area contributed by atoms with Gasteiger partial charge in [-0.3, -0.25) is 9.69 Å². The standard InChI is InChI=1S/C10H8BrNOS2/c11-8-3-1-2-7(6-8)9(13)12-4-5-15-10(12)14/h1-3,6H,4-5H2. The summed E-state index contributed by atoms with van der Waals surface area (Å²) in [6.45, 7) is 0.717. The summed E-state index contributed by atoms with van der Waals surface area (Å²) in [4.78, 5) is 13.7. The zero-order valence-electron chi connectivity index (χ0n) is 7.77. The molecular formula is C10H8BrNOS2. The zero-order valence-corrected chi connectivity index (χ0v) is 11.0. The van der Waals surface area contributed by atoms with Gasteiger partial charge in [-0.25, -0.2) is 0 Å². The van der Waals surface area contributed by atoms with Gasteiger partial charge >= 0.3 is 0 Å². The fraction of sp³-hybridized carbons (Fsp3) is 0.200. The minimum atomic E-state index is -0.00806. The number of benzene rings is 1. The molecule has 0 radical (unpaired) electrons. The van der Waals surface area contributed by atoms with Crippen molar-refractivity contribution in [2.45, 2.75) is 0 Å². The lowest BCUT2D eigenvalue weighted by Gasteiger charge is -2.14. The summed E-state index contributed by atoms with van der Waals surface area (Å²) in [5, 5.41) is 0. The molecule has 0 bridgehead atoms. The van der Waals surface area contributed by atoms with Gasteiger partial charge < -0.3 is 0 Å². The van der Waals surface area contributed by atoms with Gasteiger partial charge in [0.25, 0.3) is 5.91 Å². The van der Waals surface area contributed by atoms with E-state index in [0.717, 1.165) is 16.8 Å². The molecule has 1 fully saturated rings. The molecular weight excluding hydrogens is 294 g/mol. The highest BCUT2D eigenvalue weighted by Crippen LogP contribution is 2.21. The van der Waals surface area contributed by atoms with E-state index in [2.05, 4.69) is 15.9 Å². The third-order valence-corrected chi connectivity index (χ3v) is 4.00. The number of rotatable bonds is 1. The number of thioether (sulfide) groups is 1. The molecule has 1 aromatic carbocycles. The maximum absolute atomic E-state index is 12.0. The highest BCUT2D eigenvalue weighted by atomic mass is 79.9. The largest absolute Gasteiger partial charge is 0.293 e. The van der Waals surface area contributed by atoms with E-state index in [0.29, 0.717) is 9.88 Å². The first-order valence-electron chi connectivity index (χ1n) is 4.42. The van der Waals surface area contributed by atoms with Crippen LogP contribution in [0.1, 0.15) is 10.4 Å². The highest BCUT2D eigenvalue weighted by molar-refractivity contribution is 9.10. The smallest absolute Gasteiger partial charge is 0.259 e. The van der Waals surface area contributed by atoms with Gasteiger partial charge in [-0.05, 0) is 18.2 Å². The van der Waals surface area contributed by atoms with Crippen LogP contribution in [0.15, 0.2) is 28.7 Å². The second-order valence-corrected chi connectivity index (χ2v) is 5.73. The molecule has 0 aliphatic carbocycles. The first kappa shape index (κ1) is 11.1. The van der Waals surface area contributed by atoms with Gasteiger partial charge in [0.05, 0.1) is 0 Å². The van der Waals surface area contributed by atoms with E-state index < -0.39 is 0 Å². The van der Waals surface area contributed by atoms with E-state index in [4.69, 9.17) is 12.2 Å². The first-order chi connectivity index (χ1) is 7.18. The van der Waals surface area contributed by atoms with E-state index in [9.17, 15) is 4.79 Å². The predicted molar refractivity (Wildman–Crippen MR) is 70.2 cm³/mol. The number of nitrogens with zero attached hydrogens (tertiary/aromatic N) is 1. The lowest BCUT2D eigenvalue weighted by atomic mass is 10.2. The van der Waals surface area contributed by atoms with Crippen molar-refractivity contribution in [3.05, 3.63) is 34.3 Å². The first-order valence-corrected chi connectivity index (χ1v) is 6.61. The molecule has 0 spiro atoms. The summed E-state index contributed by atoms with van der Waals surface area (Å²) in [5.74, 6) is 0.893. The Hall–Kier alpha value is -0.390. The number of amides is 1. The molecule has 78 valence electrons. The van der Waals surface area contributed by atoms with Crippen molar-refractivity contribution in [3.8, 4) is 0 Å². The Morgan fingerprint density at radius 2 is 2.33 bits per heavy atom. The van der Waals surface area contributed by atoms with Crippen LogP contribution in [0.4, 0.5) is 0 Å². The second-order valence-electron chi connectivity index (χ2n) is 3.08. The molecule has 0 N–H and O–H groups in total. The number of halogens is 1. The molecule has 0 atom stereocenters. The zero-order chi connectivity index (χ0) is 10.8. The molecule has 1 aromatic rings. The van der Waals surface area contributed by atoms with Crippen molar-refractivity contribution in [2.75, 3.05) is 12.3 Å². The fourth-order valence-electron chi connectivity index (χ4n) is 1.36. The Kier molecular flexibility index (Phi) is 3.43. The van der Waals surface area contributed by atoms with Crippen LogP contribution in [0, 0.1) is 0 Å². The second kappa shape index (κ2) is 4.63. The van der Waals surface area contributed by atoms with E-state index in [1.807, 2.05) is 18.2 Å². The maximum Gasteiger partial charge on any atom is 0.259 e. The van der Waals surface area contributed by atoms with Crippen LogP contribution in [0.25, 0.3) is 0 Å². The summed E-state index contributed by atoms with van der Waals surface area (Å²) in [5.41, 5.74) is 0.675. The van der Waals surface area contributed by atoms with Crippen LogP contribution in [0.5, 0.6) is 0 Å². The molecule has 2 nitrogen and oxygen atoms in total. The fourth-order valence-corrected chi connectivity index (χ4v) is 2.96. The minimum Gasteiger partial charge on any atom is -0.293 e. The number of hydrogen-bond donors (Lipinski definition) is 0. The average molecular weight is 302 g/mol. The number of carbonyl (C=O) groups is 1. The Balaban J connectivity index is 2.24. The molecule has 2 rings (SSSR count). The van der Waals surface area contributed by atoms with Crippen molar-refractivity contribution in [3.63, 3.8) is 0 Å². The van der Waals surface area contributed by atoms with Gasteiger partial charge in [-0.15, -0.1) is 0 Å². The Labute approximate surface area is 106 Å². The van der Waals surface area contributed by atoms with E-state index in [-0.39, 0.29) is 5.91 Å². The molecule has 15 heavy (non-hydrogen) atoms. The summed E-state index contributed by atoms with van der Waals surface area (Å²) < 4.78 is 1.59. The molecule has 1 heterocycles. The lowest BCUT2D eigenvalue weighted by Crippen LogP contribution is -2.30. The van der Waals surface area contributed by atoms with Gasteiger partial charge in [-0.2, -0.15) is 0 Å². The Morgan fingerprint density at radius 3 is 2.93 bits per heavy atom. The topological polar surface area (TPSA) is 20.3 Å². The molecule has 1 aliphatic heterocycles. The summed E-state index contributed by atoms with van der Waals surface area (Å²) in [6.07, 6.45) is 0. The van der Waals surface area contributed by atoms with E-state index in [1.54, 1.807) is 22.7 Å². The molecule has 0 unspecified atom stereocenters. The van der Waals surface area contributed by atoms with Crippen LogP contribution in [-0.4, -0.2) is 27.4 Å². The Morgan fingerprint density at radius 1 is 1.53 bits per heavy atom. The Bertz CT molecular complexity index is 422. The summed E-state index contributed by atoms with van der Waals surface area (Å²) in [6, 6.07) is 7.37. The summed E-state index contributed by atoms with van der Waals surface area (Å²) >= 11 is 10.0. The van der Waals surface area contributed by atoms with Gasteiger partial charge in [0.2, 0.25) is 0 Å².